The number of nitrogens with one attached hydrogen (secondary N) is 1. The third-order valence-corrected chi connectivity index (χ3v) is 2.83. The van der Waals surface area contributed by atoms with Crippen LogP contribution in [0.25, 0.3) is 5.65 Å². The van der Waals surface area contributed by atoms with Crippen molar-refractivity contribution in [2.24, 2.45) is 7.05 Å². The molecule has 0 aliphatic rings. The van der Waals surface area contributed by atoms with E-state index in [9.17, 15) is 0 Å². The molecule has 3 rings (SSSR count). The standard InChI is InChI=1S/C12H15N7/c1-9-5-11(19-12(6-9)14-7-16-19)13-4-3-10-15-8-18(2)17-10/h5-8,13H,3-4H2,1-2H3. The molecule has 19 heavy (non-hydrogen) atoms. The van der Waals surface area contributed by atoms with E-state index < -0.39 is 0 Å². The molecule has 7 heteroatoms. The van der Waals surface area contributed by atoms with Gasteiger partial charge in [0.05, 0.1) is 0 Å². The van der Waals surface area contributed by atoms with Crippen molar-refractivity contribution in [3.05, 3.63) is 36.2 Å². The van der Waals surface area contributed by atoms with Gasteiger partial charge < -0.3 is 5.32 Å². The van der Waals surface area contributed by atoms with Crippen LogP contribution in [0, 0.1) is 6.92 Å². The summed E-state index contributed by atoms with van der Waals surface area (Å²) in [5.74, 6) is 1.76. The van der Waals surface area contributed by atoms with Crippen molar-refractivity contribution in [2.45, 2.75) is 13.3 Å². The van der Waals surface area contributed by atoms with E-state index in [1.165, 1.54) is 0 Å². The fourth-order valence-corrected chi connectivity index (χ4v) is 1.98. The van der Waals surface area contributed by atoms with Gasteiger partial charge in [-0.15, -0.1) is 0 Å². The zero-order valence-corrected chi connectivity index (χ0v) is 10.9. The number of aryl methyl sites for hydroxylation is 2. The number of anilines is 1. The van der Waals surface area contributed by atoms with Gasteiger partial charge in [-0.2, -0.15) is 14.7 Å². The molecule has 0 bridgehead atoms. The molecule has 0 saturated heterocycles. The molecule has 98 valence electrons. The van der Waals surface area contributed by atoms with Crippen LogP contribution in [0.5, 0.6) is 0 Å². The first-order valence-electron chi connectivity index (χ1n) is 6.11. The molecular formula is C12H15N7. The van der Waals surface area contributed by atoms with Crippen LogP contribution in [0.3, 0.4) is 0 Å². The minimum atomic E-state index is 0.752. The molecule has 3 aromatic heterocycles. The molecule has 0 aliphatic heterocycles. The molecule has 0 fully saturated rings. The average Bonchev–Trinajstić information content (AvgIpc) is 2.98. The maximum atomic E-state index is 4.24. The van der Waals surface area contributed by atoms with Crippen molar-refractivity contribution in [2.75, 3.05) is 11.9 Å². The van der Waals surface area contributed by atoms with E-state index in [0.717, 1.165) is 35.8 Å². The Morgan fingerprint density at radius 2 is 2.16 bits per heavy atom. The molecule has 3 aromatic rings. The second-order valence-electron chi connectivity index (χ2n) is 4.46. The summed E-state index contributed by atoms with van der Waals surface area (Å²) >= 11 is 0. The predicted octanol–water partition coefficient (Wildman–Crippen LogP) is 0.821. The fourth-order valence-electron chi connectivity index (χ4n) is 1.98. The van der Waals surface area contributed by atoms with Crippen molar-refractivity contribution in [1.29, 1.82) is 0 Å². The Bertz CT molecular complexity index is 697. The molecule has 7 nitrogen and oxygen atoms in total. The van der Waals surface area contributed by atoms with Crippen molar-refractivity contribution in [1.82, 2.24) is 29.4 Å². The number of rotatable bonds is 4. The maximum Gasteiger partial charge on any atom is 0.157 e. The van der Waals surface area contributed by atoms with E-state index in [-0.39, 0.29) is 0 Å². The summed E-state index contributed by atoms with van der Waals surface area (Å²) in [6.45, 7) is 2.79. The highest BCUT2D eigenvalue weighted by Gasteiger charge is 2.04. The number of fused-ring (bicyclic) bond motifs is 1. The van der Waals surface area contributed by atoms with E-state index >= 15 is 0 Å². The minimum absolute atomic E-state index is 0.752. The average molecular weight is 257 g/mol. The number of nitrogens with zero attached hydrogens (tertiary/aromatic N) is 6. The molecule has 0 aromatic carbocycles. The molecule has 0 unspecified atom stereocenters. The lowest BCUT2D eigenvalue weighted by Crippen LogP contribution is -2.10. The van der Waals surface area contributed by atoms with E-state index in [2.05, 4.69) is 25.5 Å². The topological polar surface area (TPSA) is 72.9 Å². The first-order chi connectivity index (χ1) is 9.22. The van der Waals surface area contributed by atoms with Crippen LogP contribution >= 0.6 is 0 Å². The van der Waals surface area contributed by atoms with Gasteiger partial charge in [-0.3, -0.25) is 4.68 Å². The van der Waals surface area contributed by atoms with Crippen molar-refractivity contribution in [3.8, 4) is 0 Å². The smallest absolute Gasteiger partial charge is 0.157 e. The maximum absolute atomic E-state index is 4.24. The highest BCUT2D eigenvalue weighted by Crippen LogP contribution is 2.12. The Hall–Kier alpha value is -2.44. The minimum Gasteiger partial charge on any atom is -0.369 e. The second-order valence-corrected chi connectivity index (χ2v) is 4.46. The highest BCUT2D eigenvalue weighted by atomic mass is 15.3. The third-order valence-electron chi connectivity index (χ3n) is 2.83. The largest absolute Gasteiger partial charge is 0.369 e. The second kappa shape index (κ2) is 4.68. The summed E-state index contributed by atoms with van der Waals surface area (Å²) in [6, 6.07) is 4.05. The SMILES string of the molecule is Cc1cc(NCCc2ncn(C)n2)n2ncnc2c1. The molecule has 0 saturated carbocycles. The molecule has 0 aliphatic carbocycles. The summed E-state index contributed by atoms with van der Waals surface area (Å²) < 4.78 is 3.50. The molecule has 0 atom stereocenters. The summed E-state index contributed by atoms with van der Waals surface area (Å²) in [7, 11) is 1.86. The number of aromatic nitrogens is 6. The van der Waals surface area contributed by atoms with Gasteiger partial charge in [0.15, 0.2) is 11.5 Å². The van der Waals surface area contributed by atoms with E-state index in [1.807, 2.05) is 26.1 Å². The lowest BCUT2D eigenvalue weighted by Gasteiger charge is -2.07. The zero-order valence-electron chi connectivity index (χ0n) is 10.9. The monoisotopic (exact) mass is 257 g/mol. The van der Waals surface area contributed by atoms with Crippen LogP contribution in [0.15, 0.2) is 24.8 Å². The molecular weight excluding hydrogens is 242 g/mol. The van der Waals surface area contributed by atoms with Crippen molar-refractivity contribution >= 4 is 11.5 Å². The summed E-state index contributed by atoms with van der Waals surface area (Å²) in [5, 5.41) is 11.8. The fraction of sp³-hybridized carbons (Fsp3) is 0.333. The Morgan fingerprint density at radius 1 is 1.26 bits per heavy atom. The lowest BCUT2D eigenvalue weighted by atomic mass is 10.3. The van der Waals surface area contributed by atoms with E-state index in [4.69, 9.17) is 0 Å². The summed E-state index contributed by atoms with van der Waals surface area (Å²) in [4.78, 5) is 8.39. The van der Waals surface area contributed by atoms with Crippen LogP contribution in [0.2, 0.25) is 0 Å². The van der Waals surface area contributed by atoms with Gasteiger partial charge in [-0.1, -0.05) is 0 Å². The number of pyridine rings is 1. The number of hydrogen-bond acceptors (Lipinski definition) is 5. The first-order valence-corrected chi connectivity index (χ1v) is 6.11. The molecule has 1 N–H and O–H groups in total. The Balaban J connectivity index is 1.73. The molecule has 3 heterocycles. The summed E-state index contributed by atoms with van der Waals surface area (Å²) in [6.07, 6.45) is 4.03. The van der Waals surface area contributed by atoms with Gasteiger partial charge in [0.1, 0.15) is 18.5 Å². The van der Waals surface area contributed by atoms with Crippen molar-refractivity contribution < 1.29 is 0 Å². The van der Waals surface area contributed by atoms with E-state index in [0.29, 0.717) is 0 Å². The van der Waals surface area contributed by atoms with Gasteiger partial charge in [0, 0.05) is 20.0 Å². The Morgan fingerprint density at radius 3 is 2.95 bits per heavy atom. The van der Waals surface area contributed by atoms with Gasteiger partial charge >= 0.3 is 0 Å². The first kappa shape index (κ1) is 11.6. The van der Waals surface area contributed by atoms with Gasteiger partial charge in [0.25, 0.3) is 0 Å². The zero-order chi connectivity index (χ0) is 13.2. The normalized spacial score (nSPS) is 11.1. The predicted molar refractivity (Wildman–Crippen MR) is 70.9 cm³/mol. The van der Waals surface area contributed by atoms with Gasteiger partial charge in [0.2, 0.25) is 0 Å². The van der Waals surface area contributed by atoms with Crippen LogP contribution in [0.1, 0.15) is 11.4 Å². The quantitative estimate of drug-likeness (QED) is 0.749. The third kappa shape index (κ3) is 2.40. The number of hydrogen-bond donors (Lipinski definition) is 1. The van der Waals surface area contributed by atoms with Crippen LogP contribution in [-0.2, 0) is 13.5 Å². The Kier molecular flexibility index (Phi) is 2.86. The van der Waals surface area contributed by atoms with Gasteiger partial charge in [-0.25, -0.2) is 9.97 Å². The lowest BCUT2D eigenvalue weighted by molar-refractivity contribution is 0.741. The van der Waals surface area contributed by atoms with Crippen molar-refractivity contribution in [3.63, 3.8) is 0 Å². The molecule has 0 amide bonds. The van der Waals surface area contributed by atoms with Crippen LogP contribution < -0.4 is 5.32 Å². The highest BCUT2D eigenvalue weighted by molar-refractivity contribution is 5.51. The van der Waals surface area contributed by atoms with Gasteiger partial charge in [-0.05, 0) is 24.6 Å². The summed E-state index contributed by atoms with van der Waals surface area (Å²) in [5.41, 5.74) is 2.00. The van der Waals surface area contributed by atoms with E-state index in [1.54, 1.807) is 21.9 Å². The Labute approximate surface area is 110 Å². The molecule has 0 radical (unpaired) electrons. The van der Waals surface area contributed by atoms with Crippen LogP contribution in [-0.4, -0.2) is 35.9 Å². The van der Waals surface area contributed by atoms with Crippen LogP contribution in [0.4, 0.5) is 5.82 Å². The molecule has 0 spiro atoms.